The number of nitrogens with zero attached hydrogens (tertiary/aromatic N) is 2. The van der Waals surface area contributed by atoms with Crippen LogP contribution in [-0.2, 0) is 17.6 Å². The second-order valence-electron chi connectivity index (χ2n) is 7.28. The Labute approximate surface area is 151 Å². The molecule has 6 heteroatoms. The molecule has 1 amide bonds. The molecule has 132 valence electrons. The Kier molecular flexibility index (Phi) is 3.62. The van der Waals surface area contributed by atoms with Crippen molar-refractivity contribution in [1.82, 2.24) is 15.0 Å². The first-order valence-corrected chi connectivity index (χ1v) is 9.28. The monoisotopic (exact) mass is 347 g/mol. The van der Waals surface area contributed by atoms with Crippen molar-refractivity contribution < 1.29 is 4.79 Å². The number of anilines is 3. The quantitative estimate of drug-likeness (QED) is 0.668. The molecule has 3 aromatic rings. The van der Waals surface area contributed by atoms with Gasteiger partial charge in [-0.05, 0) is 48.6 Å². The molecule has 6 nitrogen and oxygen atoms in total. The number of fused-ring (bicyclic) bond motifs is 2. The van der Waals surface area contributed by atoms with Crippen LogP contribution in [0.4, 0.5) is 17.3 Å². The molecule has 0 radical (unpaired) electrons. The van der Waals surface area contributed by atoms with Crippen LogP contribution >= 0.6 is 0 Å². The molecule has 0 unspecified atom stereocenters. The van der Waals surface area contributed by atoms with Gasteiger partial charge >= 0.3 is 0 Å². The largest absolute Gasteiger partial charge is 0.346 e. The lowest BCUT2D eigenvalue weighted by atomic mass is 9.82. The van der Waals surface area contributed by atoms with E-state index in [1.54, 1.807) is 0 Å². The van der Waals surface area contributed by atoms with Gasteiger partial charge in [0.2, 0.25) is 11.9 Å². The molecule has 1 aliphatic carbocycles. The van der Waals surface area contributed by atoms with E-state index in [-0.39, 0.29) is 5.91 Å². The fourth-order valence-electron chi connectivity index (χ4n) is 3.78. The number of hydrogen-bond donors (Lipinski definition) is 3. The van der Waals surface area contributed by atoms with Crippen molar-refractivity contribution in [3.63, 3.8) is 0 Å². The van der Waals surface area contributed by atoms with Crippen LogP contribution in [0.1, 0.15) is 36.9 Å². The zero-order chi connectivity index (χ0) is 17.5. The van der Waals surface area contributed by atoms with Crippen molar-refractivity contribution in [2.75, 3.05) is 10.6 Å². The first kappa shape index (κ1) is 15.4. The summed E-state index contributed by atoms with van der Waals surface area (Å²) in [5.74, 6) is 1.46. The molecule has 1 aromatic carbocycles. The van der Waals surface area contributed by atoms with E-state index in [0.29, 0.717) is 12.4 Å². The molecule has 3 heterocycles. The molecule has 2 aliphatic rings. The highest BCUT2D eigenvalue weighted by molar-refractivity contribution is 5.94. The molecule has 0 spiro atoms. The van der Waals surface area contributed by atoms with Gasteiger partial charge in [0.05, 0.1) is 5.69 Å². The van der Waals surface area contributed by atoms with Gasteiger partial charge in [-0.3, -0.25) is 4.79 Å². The highest BCUT2D eigenvalue weighted by atomic mass is 16.1. The van der Waals surface area contributed by atoms with Gasteiger partial charge in [0, 0.05) is 29.4 Å². The van der Waals surface area contributed by atoms with Gasteiger partial charge in [0.15, 0.2) is 0 Å². The number of amides is 1. The maximum atomic E-state index is 11.5. The smallest absolute Gasteiger partial charge is 0.229 e. The van der Waals surface area contributed by atoms with Crippen molar-refractivity contribution in [3.8, 4) is 0 Å². The van der Waals surface area contributed by atoms with E-state index < -0.39 is 0 Å². The van der Waals surface area contributed by atoms with Gasteiger partial charge in [-0.2, -0.15) is 4.98 Å². The van der Waals surface area contributed by atoms with Crippen molar-refractivity contribution >= 4 is 34.3 Å². The van der Waals surface area contributed by atoms with Gasteiger partial charge in [0.1, 0.15) is 5.65 Å². The van der Waals surface area contributed by atoms with Gasteiger partial charge in [-0.1, -0.05) is 19.3 Å². The third-order valence-corrected chi connectivity index (χ3v) is 5.46. The highest BCUT2D eigenvalue weighted by Crippen LogP contribution is 2.32. The van der Waals surface area contributed by atoms with Crippen LogP contribution in [0.5, 0.6) is 0 Å². The van der Waals surface area contributed by atoms with Gasteiger partial charge in [-0.25, -0.2) is 4.98 Å². The number of carbonyl (C=O) groups is 1. The molecular formula is C20H21N5O. The summed E-state index contributed by atoms with van der Waals surface area (Å²) < 4.78 is 0. The minimum Gasteiger partial charge on any atom is -0.346 e. The topological polar surface area (TPSA) is 82.7 Å². The van der Waals surface area contributed by atoms with E-state index >= 15 is 0 Å². The molecule has 2 aromatic heterocycles. The van der Waals surface area contributed by atoms with Crippen molar-refractivity contribution in [2.45, 2.75) is 38.5 Å². The summed E-state index contributed by atoms with van der Waals surface area (Å²) >= 11 is 0. The second kappa shape index (κ2) is 6.12. The Bertz CT molecular complexity index is 989. The van der Waals surface area contributed by atoms with Crippen molar-refractivity contribution in [3.05, 3.63) is 41.7 Å². The van der Waals surface area contributed by atoms with Crippen LogP contribution in [0.3, 0.4) is 0 Å². The van der Waals surface area contributed by atoms with Gasteiger partial charge < -0.3 is 15.6 Å². The van der Waals surface area contributed by atoms with Gasteiger partial charge in [0.25, 0.3) is 0 Å². The number of H-pyrrole nitrogens is 1. The minimum atomic E-state index is 0.0828. The molecule has 1 saturated carbocycles. The second-order valence-corrected chi connectivity index (χ2v) is 7.28. The molecule has 26 heavy (non-hydrogen) atoms. The number of hydrogen-bond acceptors (Lipinski definition) is 4. The molecule has 5 rings (SSSR count). The van der Waals surface area contributed by atoms with Crippen molar-refractivity contribution in [1.29, 1.82) is 0 Å². The number of carbonyl (C=O) groups excluding carboxylic acids is 1. The summed E-state index contributed by atoms with van der Waals surface area (Å²) in [5, 5.41) is 7.38. The zero-order valence-electron chi connectivity index (χ0n) is 14.5. The Balaban J connectivity index is 1.44. The van der Waals surface area contributed by atoms with Crippen LogP contribution in [0, 0.1) is 5.92 Å². The minimum absolute atomic E-state index is 0.0828. The summed E-state index contributed by atoms with van der Waals surface area (Å²) in [7, 11) is 0. The standard InChI is InChI=1S/C20H21N5O/c26-18-7-4-13-11-14(5-6-16(13)23-18)22-20-24-17(10-12-2-1-3-12)15-8-9-21-19(15)25-20/h5-6,8-9,11-12H,1-4,7,10H2,(H,23,26)(H2,21,22,24,25). The molecule has 3 N–H and O–H groups in total. The Morgan fingerprint density at radius 3 is 2.92 bits per heavy atom. The van der Waals surface area contributed by atoms with Crippen LogP contribution in [0.2, 0.25) is 0 Å². The van der Waals surface area contributed by atoms with Crippen LogP contribution in [0.25, 0.3) is 11.0 Å². The zero-order valence-corrected chi connectivity index (χ0v) is 14.5. The van der Waals surface area contributed by atoms with E-state index in [0.717, 1.165) is 52.4 Å². The predicted octanol–water partition coefficient (Wildman–Crippen LogP) is 3.93. The third kappa shape index (κ3) is 2.81. The Morgan fingerprint density at radius 1 is 1.15 bits per heavy atom. The summed E-state index contributed by atoms with van der Waals surface area (Å²) in [6.45, 7) is 0. The summed E-state index contributed by atoms with van der Waals surface area (Å²) in [6, 6.07) is 8.03. The lowest BCUT2D eigenvalue weighted by molar-refractivity contribution is -0.116. The summed E-state index contributed by atoms with van der Waals surface area (Å²) in [4.78, 5) is 24.1. The maximum Gasteiger partial charge on any atom is 0.229 e. The Hall–Kier alpha value is -2.89. The lowest BCUT2D eigenvalue weighted by Crippen LogP contribution is -2.19. The van der Waals surface area contributed by atoms with E-state index in [9.17, 15) is 4.79 Å². The fourth-order valence-corrected chi connectivity index (χ4v) is 3.78. The van der Waals surface area contributed by atoms with Crippen LogP contribution < -0.4 is 10.6 Å². The SMILES string of the molecule is O=C1CCc2cc(Nc3nc(CC4CCC4)c4cc[nH]c4n3)ccc2N1. The van der Waals surface area contributed by atoms with Crippen molar-refractivity contribution in [2.24, 2.45) is 5.92 Å². The molecule has 0 saturated heterocycles. The summed E-state index contributed by atoms with van der Waals surface area (Å²) in [5.41, 5.74) is 4.99. The molecular weight excluding hydrogens is 326 g/mol. The average Bonchev–Trinajstić information content (AvgIpc) is 3.07. The van der Waals surface area contributed by atoms with Gasteiger partial charge in [-0.15, -0.1) is 0 Å². The molecule has 1 aliphatic heterocycles. The van der Waals surface area contributed by atoms with Crippen LogP contribution in [-0.4, -0.2) is 20.9 Å². The van der Waals surface area contributed by atoms with E-state index in [2.05, 4.69) is 32.7 Å². The molecule has 0 atom stereocenters. The maximum absolute atomic E-state index is 11.5. The normalized spacial score (nSPS) is 16.8. The number of benzene rings is 1. The number of aryl methyl sites for hydroxylation is 1. The van der Waals surface area contributed by atoms with E-state index in [1.165, 1.54) is 19.3 Å². The number of rotatable bonds is 4. The predicted molar refractivity (Wildman–Crippen MR) is 102 cm³/mol. The lowest BCUT2D eigenvalue weighted by Gasteiger charge is -2.25. The molecule has 1 fully saturated rings. The number of nitrogens with one attached hydrogen (secondary N) is 3. The molecule has 0 bridgehead atoms. The first-order chi connectivity index (χ1) is 12.7. The Morgan fingerprint density at radius 2 is 2.08 bits per heavy atom. The highest BCUT2D eigenvalue weighted by Gasteiger charge is 2.21. The fraction of sp³-hybridized carbons (Fsp3) is 0.350. The average molecular weight is 347 g/mol. The van der Waals surface area contributed by atoms with Crippen LogP contribution in [0.15, 0.2) is 30.5 Å². The van der Waals surface area contributed by atoms with E-state index in [1.807, 2.05) is 18.3 Å². The van der Waals surface area contributed by atoms with E-state index in [4.69, 9.17) is 4.98 Å². The number of aromatic nitrogens is 3. The third-order valence-electron chi connectivity index (χ3n) is 5.46. The summed E-state index contributed by atoms with van der Waals surface area (Å²) in [6.07, 6.45) is 8.18. The number of aromatic amines is 1. The first-order valence-electron chi connectivity index (χ1n) is 9.28.